The second-order valence-electron chi connectivity index (χ2n) is 4.11. The number of nitrogens with zero attached hydrogens (tertiary/aromatic N) is 1. The quantitative estimate of drug-likeness (QED) is 0.885. The van der Waals surface area contributed by atoms with Gasteiger partial charge >= 0.3 is 6.18 Å². The van der Waals surface area contributed by atoms with E-state index in [1.165, 1.54) is 0 Å². The van der Waals surface area contributed by atoms with Crippen molar-refractivity contribution >= 4 is 5.69 Å². The monoisotopic (exact) mass is 246 g/mol. The van der Waals surface area contributed by atoms with E-state index in [4.69, 9.17) is 5.73 Å². The topological polar surface area (TPSA) is 29.3 Å². The molecule has 2 nitrogen and oxygen atoms in total. The Hall–Kier alpha value is -1.23. The van der Waals surface area contributed by atoms with Crippen molar-refractivity contribution in [1.29, 1.82) is 0 Å². The zero-order valence-corrected chi connectivity index (χ0v) is 10.0. The average Bonchev–Trinajstić information content (AvgIpc) is 2.24. The molecule has 0 heterocycles. The molecule has 0 aromatic heterocycles. The molecular formula is C12H17F3N2. The predicted molar refractivity (Wildman–Crippen MR) is 63.0 cm³/mol. The van der Waals surface area contributed by atoms with Crippen LogP contribution in [0, 0.1) is 6.92 Å². The molecule has 1 rings (SSSR count). The number of anilines is 1. The lowest BCUT2D eigenvalue weighted by molar-refractivity contribution is -0.132. The van der Waals surface area contributed by atoms with Gasteiger partial charge in [-0.2, -0.15) is 13.2 Å². The number of alkyl halides is 3. The first-order valence-corrected chi connectivity index (χ1v) is 5.41. The van der Waals surface area contributed by atoms with Crippen molar-refractivity contribution in [1.82, 2.24) is 0 Å². The van der Waals surface area contributed by atoms with Crippen molar-refractivity contribution in [3.8, 4) is 0 Å². The SMILES string of the molecule is Cc1cc(CN)ccc1N(C)CCC(F)(F)F. The number of aryl methyl sites for hydroxylation is 1. The molecule has 5 heteroatoms. The highest BCUT2D eigenvalue weighted by Gasteiger charge is 2.27. The van der Waals surface area contributed by atoms with Crippen molar-refractivity contribution in [3.63, 3.8) is 0 Å². The summed E-state index contributed by atoms with van der Waals surface area (Å²) in [5, 5.41) is 0. The van der Waals surface area contributed by atoms with Gasteiger partial charge in [0.25, 0.3) is 0 Å². The first-order chi connectivity index (χ1) is 7.83. The summed E-state index contributed by atoms with van der Waals surface area (Å²) >= 11 is 0. The van der Waals surface area contributed by atoms with E-state index in [0.29, 0.717) is 6.54 Å². The first kappa shape index (κ1) is 13.8. The second kappa shape index (κ2) is 5.40. The maximum Gasteiger partial charge on any atom is 0.390 e. The van der Waals surface area contributed by atoms with Crippen molar-refractivity contribution in [2.75, 3.05) is 18.5 Å². The Morgan fingerprint density at radius 1 is 1.29 bits per heavy atom. The normalized spacial score (nSPS) is 11.6. The smallest absolute Gasteiger partial charge is 0.374 e. The summed E-state index contributed by atoms with van der Waals surface area (Å²) in [5.41, 5.74) is 8.23. The maximum absolute atomic E-state index is 12.1. The molecule has 1 aromatic carbocycles. The Balaban J connectivity index is 2.72. The highest BCUT2D eigenvalue weighted by molar-refractivity contribution is 5.53. The second-order valence-corrected chi connectivity index (χ2v) is 4.11. The molecular weight excluding hydrogens is 229 g/mol. The molecule has 0 aliphatic carbocycles. The number of hydrogen-bond acceptors (Lipinski definition) is 2. The zero-order valence-electron chi connectivity index (χ0n) is 10.0. The molecule has 0 bridgehead atoms. The van der Waals surface area contributed by atoms with Gasteiger partial charge in [0.2, 0.25) is 0 Å². The first-order valence-electron chi connectivity index (χ1n) is 5.41. The summed E-state index contributed by atoms with van der Waals surface area (Å²) in [4.78, 5) is 1.61. The van der Waals surface area contributed by atoms with Crippen LogP contribution in [-0.2, 0) is 6.54 Å². The van der Waals surface area contributed by atoms with E-state index in [2.05, 4.69) is 0 Å². The number of benzene rings is 1. The van der Waals surface area contributed by atoms with E-state index in [1.54, 1.807) is 11.9 Å². The molecule has 2 N–H and O–H groups in total. The third kappa shape index (κ3) is 4.26. The molecule has 1 aromatic rings. The van der Waals surface area contributed by atoms with Crippen LogP contribution in [-0.4, -0.2) is 19.8 Å². The minimum Gasteiger partial charge on any atom is -0.374 e. The van der Waals surface area contributed by atoms with Gasteiger partial charge in [0.05, 0.1) is 6.42 Å². The van der Waals surface area contributed by atoms with E-state index in [1.807, 2.05) is 25.1 Å². The summed E-state index contributed by atoms with van der Waals surface area (Å²) in [6.45, 7) is 2.28. The Kier molecular flexibility index (Phi) is 4.40. The molecule has 0 saturated carbocycles. The van der Waals surface area contributed by atoms with Gasteiger partial charge < -0.3 is 10.6 Å². The molecule has 96 valence electrons. The van der Waals surface area contributed by atoms with E-state index in [-0.39, 0.29) is 6.54 Å². The Morgan fingerprint density at radius 3 is 2.41 bits per heavy atom. The van der Waals surface area contributed by atoms with Crippen LogP contribution in [0.25, 0.3) is 0 Å². The van der Waals surface area contributed by atoms with Crippen LogP contribution in [0.15, 0.2) is 18.2 Å². The molecule has 0 amide bonds. The molecule has 0 saturated heterocycles. The fourth-order valence-corrected chi connectivity index (χ4v) is 1.69. The number of hydrogen-bond donors (Lipinski definition) is 1. The summed E-state index contributed by atoms with van der Waals surface area (Å²) in [6.07, 6.45) is -4.92. The van der Waals surface area contributed by atoms with Crippen molar-refractivity contribution < 1.29 is 13.2 Å². The summed E-state index contributed by atoms with van der Waals surface area (Å²) in [6, 6.07) is 5.56. The van der Waals surface area contributed by atoms with Gasteiger partial charge in [-0.1, -0.05) is 12.1 Å². The fourth-order valence-electron chi connectivity index (χ4n) is 1.69. The van der Waals surface area contributed by atoms with Gasteiger partial charge in [-0.05, 0) is 24.1 Å². The standard InChI is InChI=1S/C12H17F3N2/c1-9-7-10(8-16)3-4-11(9)17(2)6-5-12(13,14)15/h3-4,7H,5-6,8,16H2,1-2H3. The molecule has 0 aliphatic heterocycles. The van der Waals surface area contributed by atoms with Crippen LogP contribution >= 0.6 is 0 Å². The third-order valence-corrected chi connectivity index (χ3v) is 2.64. The minimum absolute atomic E-state index is 0.0354. The summed E-state index contributed by atoms with van der Waals surface area (Å²) < 4.78 is 36.3. The van der Waals surface area contributed by atoms with Gasteiger partial charge in [0.15, 0.2) is 0 Å². The van der Waals surface area contributed by atoms with Gasteiger partial charge in [0.1, 0.15) is 0 Å². The Bertz CT molecular complexity index is 375. The van der Waals surface area contributed by atoms with Gasteiger partial charge in [-0.3, -0.25) is 0 Å². The van der Waals surface area contributed by atoms with Gasteiger partial charge in [-0.15, -0.1) is 0 Å². The predicted octanol–water partition coefficient (Wildman–Crippen LogP) is 2.84. The number of halogens is 3. The molecule has 0 atom stereocenters. The summed E-state index contributed by atoms with van der Waals surface area (Å²) in [7, 11) is 1.66. The number of nitrogens with two attached hydrogens (primary N) is 1. The Morgan fingerprint density at radius 2 is 1.94 bits per heavy atom. The summed E-state index contributed by atoms with van der Waals surface area (Å²) in [5.74, 6) is 0. The lowest BCUT2D eigenvalue weighted by atomic mass is 10.1. The van der Waals surface area contributed by atoms with E-state index < -0.39 is 12.6 Å². The minimum atomic E-state index is -4.11. The molecule has 0 radical (unpaired) electrons. The van der Waals surface area contributed by atoms with Crippen LogP contribution in [0.3, 0.4) is 0 Å². The van der Waals surface area contributed by atoms with Crippen molar-refractivity contribution in [2.45, 2.75) is 26.1 Å². The lowest BCUT2D eigenvalue weighted by Crippen LogP contribution is -2.24. The van der Waals surface area contributed by atoms with Crippen molar-refractivity contribution in [2.24, 2.45) is 5.73 Å². The van der Waals surface area contributed by atoms with E-state index in [0.717, 1.165) is 16.8 Å². The molecule has 0 spiro atoms. The zero-order chi connectivity index (χ0) is 13.1. The Labute approximate surface area is 99.2 Å². The van der Waals surface area contributed by atoms with Crippen LogP contribution < -0.4 is 10.6 Å². The maximum atomic E-state index is 12.1. The van der Waals surface area contributed by atoms with Crippen LogP contribution in [0.2, 0.25) is 0 Å². The van der Waals surface area contributed by atoms with Crippen LogP contribution in [0.4, 0.5) is 18.9 Å². The number of rotatable bonds is 4. The van der Waals surface area contributed by atoms with Crippen LogP contribution in [0.5, 0.6) is 0 Å². The highest BCUT2D eigenvalue weighted by atomic mass is 19.4. The van der Waals surface area contributed by atoms with E-state index in [9.17, 15) is 13.2 Å². The molecule has 17 heavy (non-hydrogen) atoms. The lowest BCUT2D eigenvalue weighted by Gasteiger charge is -2.22. The molecule has 0 unspecified atom stereocenters. The largest absolute Gasteiger partial charge is 0.390 e. The van der Waals surface area contributed by atoms with Gasteiger partial charge in [-0.25, -0.2) is 0 Å². The van der Waals surface area contributed by atoms with E-state index >= 15 is 0 Å². The third-order valence-electron chi connectivity index (χ3n) is 2.64. The molecule has 0 fully saturated rings. The highest BCUT2D eigenvalue weighted by Crippen LogP contribution is 2.24. The van der Waals surface area contributed by atoms with Crippen molar-refractivity contribution in [3.05, 3.63) is 29.3 Å². The molecule has 0 aliphatic rings. The fraction of sp³-hybridized carbons (Fsp3) is 0.500. The van der Waals surface area contributed by atoms with Gasteiger partial charge in [0, 0.05) is 25.8 Å². The van der Waals surface area contributed by atoms with Crippen LogP contribution in [0.1, 0.15) is 17.5 Å². The average molecular weight is 246 g/mol.